The van der Waals surface area contributed by atoms with Crippen LogP contribution in [0.15, 0.2) is 29.4 Å². The standard InChI is InChI=1S/C14H23N3O/c1-11(2)17-18-9-8-16-14-6-4-13(5-7-14)10-12(3)15/h4-7,12,16H,8-10,15H2,1-3H3. The lowest BCUT2D eigenvalue weighted by Crippen LogP contribution is -2.17. The number of nitrogens with one attached hydrogen (secondary N) is 1. The van der Waals surface area contributed by atoms with Gasteiger partial charge in [-0.2, -0.15) is 0 Å². The quantitative estimate of drug-likeness (QED) is 0.443. The average molecular weight is 249 g/mol. The van der Waals surface area contributed by atoms with Crippen LogP contribution in [0.25, 0.3) is 0 Å². The van der Waals surface area contributed by atoms with E-state index in [1.54, 1.807) is 0 Å². The molecule has 1 unspecified atom stereocenters. The first-order valence-corrected chi connectivity index (χ1v) is 6.29. The molecule has 0 fully saturated rings. The Balaban J connectivity index is 2.29. The fourth-order valence-corrected chi connectivity index (χ4v) is 1.55. The zero-order chi connectivity index (χ0) is 13.4. The Kier molecular flexibility index (Phi) is 6.22. The Morgan fingerprint density at radius 1 is 1.33 bits per heavy atom. The van der Waals surface area contributed by atoms with Crippen molar-refractivity contribution >= 4 is 11.4 Å². The minimum atomic E-state index is 0.201. The van der Waals surface area contributed by atoms with Gasteiger partial charge in [0.1, 0.15) is 6.61 Å². The first-order valence-electron chi connectivity index (χ1n) is 6.29. The highest BCUT2D eigenvalue weighted by molar-refractivity contribution is 5.78. The van der Waals surface area contributed by atoms with Crippen molar-refractivity contribution in [3.63, 3.8) is 0 Å². The van der Waals surface area contributed by atoms with E-state index in [-0.39, 0.29) is 6.04 Å². The number of hydrogen-bond donors (Lipinski definition) is 2. The smallest absolute Gasteiger partial charge is 0.134 e. The van der Waals surface area contributed by atoms with E-state index in [2.05, 4.69) is 34.7 Å². The number of anilines is 1. The summed E-state index contributed by atoms with van der Waals surface area (Å²) in [5.41, 5.74) is 9.03. The summed E-state index contributed by atoms with van der Waals surface area (Å²) in [6.45, 7) is 7.13. The van der Waals surface area contributed by atoms with Crippen LogP contribution in [-0.4, -0.2) is 24.9 Å². The summed E-state index contributed by atoms with van der Waals surface area (Å²) < 4.78 is 0. The first-order chi connectivity index (χ1) is 8.58. The van der Waals surface area contributed by atoms with E-state index < -0.39 is 0 Å². The summed E-state index contributed by atoms with van der Waals surface area (Å²) >= 11 is 0. The monoisotopic (exact) mass is 249 g/mol. The molecule has 0 saturated heterocycles. The largest absolute Gasteiger partial charge is 0.394 e. The molecule has 4 heteroatoms. The molecule has 0 spiro atoms. The molecule has 0 aliphatic rings. The van der Waals surface area contributed by atoms with Crippen LogP contribution in [0.1, 0.15) is 26.3 Å². The lowest BCUT2D eigenvalue weighted by molar-refractivity contribution is 0.154. The fraction of sp³-hybridized carbons (Fsp3) is 0.500. The normalized spacial score (nSPS) is 11.8. The summed E-state index contributed by atoms with van der Waals surface area (Å²) in [5, 5.41) is 7.14. The zero-order valence-electron chi connectivity index (χ0n) is 11.4. The van der Waals surface area contributed by atoms with Crippen LogP contribution in [0, 0.1) is 0 Å². The molecule has 0 aliphatic heterocycles. The predicted molar refractivity (Wildman–Crippen MR) is 77.0 cm³/mol. The average Bonchev–Trinajstić information content (AvgIpc) is 2.30. The molecular formula is C14H23N3O. The lowest BCUT2D eigenvalue weighted by Gasteiger charge is -2.08. The predicted octanol–water partition coefficient (Wildman–Crippen LogP) is 2.40. The molecule has 1 atom stereocenters. The second kappa shape index (κ2) is 7.71. The van der Waals surface area contributed by atoms with E-state index in [9.17, 15) is 0 Å². The third kappa shape index (κ3) is 6.25. The van der Waals surface area contributed by atoms with Gasteiger partial charge in [0.05, 0.1) is 12.3 Å². The van der Waals surface area contributed by atoms with Crippen molar-refractivity contribution in [3.8, 4) is 0 Å². The van der Waals surface area contributed by atoms with E-state index in [1.807, 2.05) is 20.8 Å². The van der Waals surface area contributed by atoms with Crippen LogP contribution >= 0.6 is 0 Å². The van der Waals surface area contributed by atoms with Crippen LogP contribution in [0.2, 0.25) is 0 Å². The molecule has 0 heterocycles. The van der Waals surface area contributed by atoms with Crippen LogP contribution in [0.4, 0.5) is 5.69 Å². The highest BCUT2D eigenvalue weighted by atomic mass is 16.6. The molecule has 0 amide bonds. The van der Waals surface area contributed by atoms with Crippen molar-refractivity contribution in [3.05, 3.63) is 29.8 Å². The Hall–Kier alpha value is -1.55. The molecule has 1 rings (SSSR count). The molecule has 0 aromatic heterocycles. The summed E-state index contributed by atoms with van der Waals surface area (Å²) in [7, 11) is 0. The topological polar surface area (TPSA) is 59.6 Å². The van der Waals surface area contributed by atoms with Crippen LogP contribution < -0.4 is 11.1 Å². The van der Waals surface area contributed by atoms with Crippen molar-refractivity contribution in [2.75, 3.05) is 18.5 Å². The molecule has 3 N–H and O–H groups in total. The number of oxime groups is 1. The summed E-state index contributed by atoms with van der Waals surface area (Å²) in [6, 6.07) is 8.52. The van der Waals surface area contributed by atoms with Gasteiger partial charge < -0.3 is 15.9 Å². The highest BCUT2D eigenvalue weighted by Gasteiger charge is 1.98. The maximum absolute atomic E-state index is 5.76. The van der Waals surface area contributed by atoms with E-state index in [1.165, 1.54) is 5.56 Å². The minimum Gasteiger partial charge on any atom is -0.394 e. The van der Waals surface area contributed by atoms with Crippen molar-refractivity contribution in [2.24, 2.45) is 10.9 Å². The Morgan fingerprint density at radius 3 is 2.56 bits per heavy atom. The van der Waals surface area contributed by atoms with Gasteiger partial charge in [-0.25, -0.2) is 0 Å². The second-order valence-electron chi connectivity index (χ2n) is 4.68. The third-order valence-electron chi connectivity index (χ3n) is 2.28. The highest BCUT2D eigenvalue weighted by Crippen LogP contribution is 2.10. The lowest BCUT2D eigenvalue weighted by atomic mass is 10.1. The summed E-state index contributed by atoms with van der Waals surface area (Å²) in [4.78, 5) is 5.10. The molecule has 4 nitrogen and oxygen atoms in total. The van der Waals surface area contributed by atoms with Crippen molar-refractivity contribution in [2.45, 2.75) is 33.2 Å². The molecule has 1 aromatic rings. The molecule has 100 valence electrons. The van der Waals surface area contributed by atoms with Gasteiger partial charge in [-0.05, 0) is 44.9 Å². The van der Waals surface area contributed by atoms with Gasteiger partial charge in [-0.3, -0.25) is 0 Å². The van der Waals surface area contributed by atoms with Crippen LogP contribution in [0.3, 0.4) is 0 Å². The Labute approximate surface area is 109 Å². The van der Waals surface area contributed by atoms with Crippen molar-refractivity contribution < 1.29 is 4.84 Å². The van der Waals surface area contributed by atoms with Gasteiger partial charge in [0, 0.05) is 11.7 Å². The fourth-order valence-electron chi connectivity index (χ4n) is 1.55. The molecule has 0 radical (unpaired) electrons. The van der Waals surface area contributed by atoms with Gasteiger partial charge >= 0.3 is 0 Å². The van der Waals surface area contributed by atoms with E-state index >= 15 is 0 Å². The number of hydrogen-bond acceptors (Lipinski definition) is 4. The van der Waals surface area contributed by atoms with E-state index in [0.29, 0.717) is 6.61 Å². The van der Waals surface area contributed by atoms with E-state index in [4.69, 9.17) is 10.6 Å². The molecule has 0 bridgehead atoms. The molecular weight excluding hydrogens is 226 g/mol. The van der Waals surface area contributed by atoms with Gasteiger partial charge in [0.15, 0.2) is 0 Å². The first kappa shape index (κ1) is 14.5. The number of benzene rings is 1. The van der Waals surface area contributed by atoms with Crippen molar-refractivity contribution in [1.29, 1.82) is 0 Å². The molecule has 0 saturated carbocycles. The molecule has 18 heavy (non-hydrogen) atoms. The molecule has 0 aliphatic carbocycles. The van der Waals surface area contributed by atoms with Gasteiger partial charge in [0.25, 0.3) is 0 Å². The Bertz CT molecular complexity index is 367. The van der Waals surface area contributed by atoms with Crippen molar-refractivity contribution in [1.82, 2.24) is 0 Å². The van der Waals surface area contributed by atoms with Crippen LogP contribution in [-0.2, 0) is 11.3 Å². The SMILES string of the molecule is CC(C)=NOCCNc1ccc(CC(C)N)cc1. The summed E-state index contributed by atoms with van der Waals surface area (Å²) in [6.07, 6.45) is 0.911. The minimum absolute atomic E-state index is 0.201. The van der Waals surface area contributed by atoms with Gasteiger partial charge in [-0.1, -0.05) is 17.3 Å². The van der Waals surface area contributed by atoms with Crippen LogP contribution in [0.5, 0.6) is 0 Å². The van der Waals surface area contributed by atoms with Gasteiger partial charge in [0.2, 0.25) is 0 Å². The maximum atomic E-state index is 5.76. The maximum Gasteiger partial charge on any atom is 0.134 e. The third-order valence-corrected chi connectivity index (χ3v) is 2.28. The number of rotatable bonds is 7. The van der Waals surface area contributed by atoms with E-state index in [0.717, 1.165) is 24.4 Å². The Morgan fingerprint density at radius 2 is 2.00 bits per heavy atom. The number of nitrogens with two attached hydrogens (primary N) is 1. The second-order valence-corrected chi connectivity index (χ2v) is 4.68. The number of nitrogens with zero attached hydrogens (tertiary/aromatic N) is 1. The molecule has 1 aromatic carbocycles. The zero-order valence-corrected chi connectivity index (χ0v) is 11.4. The van der Waals surface area contributed by atoms with Gasteiger partial charge in [-0.15, -0.1) is 0 Å². The summed E-state index contributed by atoms with van der Waals surface area (Å²) in [5.74, 6) is 0.